The predicted octanol–water partition coefficient (Wildman–Crippen LogP) is 2.83. The molecule has 8 heteroatoms. The highest BCUT2D eigenvalue weighted by Gasteiger charge is 2.25. The molecule has 0 bridgehead atoms. The molecule has 6 nitrogen and oxygen atoms in total. The summed E-state index contributed by atoms with van der Waals surface area (Å²) in [6, 6.07) is 11.2. The van der Waals surface area contributed by atoms with Gasteiger partial charge in [0, 0.05) is 43.4 Å². The SMILES string of the molecule is Cc1c(Cl)cccc1NC(=O)C(=O)NCC(c1ccc(F)cc1)N1CCN(C)CC1. The molecule has 0 spiro atoms. The van der Waals surface area contributed by atoms with E-state index in [9.17, 15) is 14.0 Å². The first-order valence-corrected chi connectivity index (χ1v) is 10.3. The molecule has 2 N–H and O–H groups in total. The van der Waals surface area contributed by atoms with Crippen LogP contribution in [-0.2, 0) is 9.59 Å². The van der Waals surface area contributed by atoms with Crippen LogP contribution < -0.4 is 10.6 Å². The molecule has 0 saturated carbocycles. The van der Waals surface area contributed by atoms with E-state index in [1.807, 2.05) is 0 Å². The molecule has 2 amide bonds. The van der Waals surface area contributed by atoms with Gasteiger partial charge in [0.15, 0.2) is 0 Å². The number of nitrogens with zero attached hydrogens (tertiary/aromatic N) is 2. The summed E-state index contributed by atoms with van der Waals surface area (Å²) in [5.41, 5.74) is 2.09. The molecule has 1 heterocycles. The first kappa shape index (κ1) is 22.2. The fourth-order valence-electron chi connectivity index (χ4n) is 3.47. The molecule has 30 heavy (non-hydrogen) atoms. The van der Waals surface area contributed by atoms with Crippen LogP contribution in [0.2, 0.25) is 5.02 Å². The molecule has 2 aromatic carbocycles. The van der Waals surface area contributed by atoms with E-state index in [-0.39, 0.29) is 18.4 Å². The molecule has 1 atom stereocenters. The molecule has 1 aliphatic heterocycles. The Kier molecular flexibility index (Phi) is 7.42. The first-order chi connectivity index (χ1) is 14.3. The van der Waals surface area contributed by atoms with Gasteiger partial charge in [-0.3, -0.25) is 14.5 Å². The maximum Gasteiger partial charge on any atom is 0.313 e. The molecule has 1 saturated heterocycles. The number of hydrogen-bond donors (Lipinski definition) is 2. The Hall–Kier alpha value is -2.48. The first-order valence-electron chi connectivity index (χ1n) is 9.87. The van der Waals surface area contributed by atoms with E-state index in [0.717, 1.165) is 31.7 Å². The zero-order valence-electron chi connectivity index (χ0n) is 17.1. The highest BCUT2D eigenvalue weighted by atomic mass is 35.5. The second-order valence-corrected chi connectivity index (χ2v) is 7.89. The van der Waals surface area contributed by atoms with Gasteiger partial charge in [0.25, 0.3) is 0 Å². The molecule has 3 rings (SSSR count). The minimum atomic E-state index is -0.753. The monoisotopic (exact) mass is 432 g/mol. The number of carbonyl (C=O) groups is 2. The van der Waals surface area contributed by atoms with Crippen molar-refractivity contribution in [1.82, 2.24) is 15.1 Å². The molecule has 0 aromatic heterocycles. The topological polar surface area (TPSA) is 64.7 Å². The number of nitrogens with one attached hydrogen (secondary N) is 2. The van der Waals surface area contributed by atoms with Crippen LogP contribution in [0.25, 0.3) is 0 Å². The van der Waals surface area contributed by atoms with Crippen molar-refractivity contribution in [2.75, 3.05) is 45.1 Å². The van der Waals surface area contributed by atoms with Crippen molar-refractivity contribution in [3.05, 3.63) is 64.4 Å². The van der Waals surface area contributed by atoms with Gasteiger partial charge in [-0.1, -0.05) is 29.8 Å². The van der Waals surface area contributed by atoms with Crippen molar-refractivity contribution in [3.8, 4) is 0 Å². The Morgan fingerprint density at radius 1 is 1.07 bits per heavy atom. The van der Waals surface area contributed by atoms with E-state index in [1.165, 1.54) is 12.1 Å². The fraction of sp³-hybridized carbons (Fsp3) is 0.364. The minimum absolute atomic E-state index is 0.149. The van der Waals surface area contributed by atoms with E-state index in [4.69, 9.17) is 11.6 Å². The highest BCUT2D eigenvalue weighted by molar-refractivity contribution is 6.40. The van der Waals surface area contributed by atoms with E-state index in [1.54, 1.807) is 37.3 Å². The Balaban J connectivity index is 1.66. The van der Waals surface area contributed by atoms with Gasteiger partial charge in [-0.05, 0) is 49.4 Å². The Labute approximate surface area is 181 Å². The third-order valence-electron chi connectivity index (χ3n) is 5.41. The van der Waals surface area contributed by atoms with Crippen molar-refractivity contribution < 1.29 is 14.0 Å². The number of carbonyl (C=O) groups excluding carboxylic acids is 2. The van der Waals surface area contributed by atoms with Crippen molar-refractivity contribution in [2.45, 2.75) is 13.0 Å². The van der Waals surface area contributed by atoms with Crippen LogP contribution in [-0.4, -0.2) is 61.4 Å². The van der Waals surface area contributed by atoms with Crippen LogP contribution in [0.4, 0.5) is 10.1 Å². The summed E-state index contributed by atoms with van der Waals surface area (Å²) in [4.78, 5) is 29.3. The molecule has 2 aromatic rings. The zero-order chi connectivity index (χ0) is 21.7. The molecule has 1 unspecified atom stereocenters. The van der Waals surface area contributed by atoms with Gasteiger partial charge in [0.2, 0.25) is 0 Å². The number of benzene rings is 2. The average molecular weight is 433 g/mol. The lowest BCUT2D eigenvalue weighted by atomic mass is 10.0. The summed E-state index contributed by atoms with van der Waals surface area (Å²) in [6.07, 6.45) is 0. The Bertz CT molecular complexity index is 899. The second-order valence-electron chi connectivity index (χ2n) is 7.48. The van der Waals surface area contributed by atoms with Crippen LogP contribution in [0.1, 0.15) is 17.2 Å². The van der Waals surface area contributed by atoms with Gasteiger partial charge in [0.1, 0.15) is 5.82 Å². The van der Waals surface area contributed by atoms with E-state index < -0.39 is 11.8 Å². The molecule has 160 valence electrons. The van der Waals surface area contributed by atoms with Crippen molar-refractivity contribution in [2.24, 2.45) is 0 Å². The smallest absolute Gasteiger partial charge is 0.313 e. The van der Waals surface area contributed by atoms with Crippen molar-refractivity contribution in [1.29, 1.82) is 0 Å². The van der Waals surface area contributed by atoms with E-state index in [0.29, 0.717) is 16.3 Å². The summed E-state index contributed by atoms with van der Waals surface area (Å²) in [5, 5.41) is 5.84. The van der Waals surface area contributed by atoms with Crippen molar-refractivity contribution >= 4 is 29.1 Å². The number of piperazine rings is 1. The standard InChI is InChI=1S/C22H26ClFN4O2/c1-15-18(23)4-3-5-19(15)26-22(30)21(29)25-14-20(16-6-8-17(24)9-7-16)28-12-10-27(2)11-13-28/h3-9,20H,10-14H2,1-2H3,(H,25,29)(H,26,30). The average Bonchev–Trinajstić information content (AvgIpc) is 2.73. The maximum absolute atomic E-state index is 13.4. The van der Waals surface area contributed by atoms with Crippen molar-refractivity contribution in [3.63, 3.8) is 0 Å². The van der Waals surface area contributed by atoms with Crippen LogP contribution in [0.5, 0.6) is 0 Å². The van der Waals surface area contributed by atoms with Gasteiger partial charge in [-0.15, -0.1) is 0 Å². The molecule has 1 aliphatic rings. The quantitative estimate of drug-likeness (QED) is 0.713. The normalized spacial score (nSPS) is 16.1. The van der Waals surface area contributed by atoms with Crippen LogP contribution in [0.15, 0.2) is 42.5 Å². The lowest BCUT2D eigenvalue weighted by molar-refractivity contribution is -0.136. The largest absolute Gasteiger partial charge is 0.346 e. The minimum Gasteiger partial charge on any atom is -0.346 e. The van der Waals surface area contributed by atoms with Gasteiger partial charge >= 0.3 is 11.8 Å². The number of amides is 2. The summed E-state index contributed by atoms with van der Waals surface area (Å²) in [7, 11) is 2.06. The molecule has 1 fully saturated rings. The highest BCUT2D eigenvalue weighted by Crippen LogP contribution is 2.23. The molecule has 0 radical (unpaired) electrons. The van der Waals surface area contributed by atoms with E-state index >= 15 is 0 Å². The molecular formula is C22H26ClFN4O2. The second kappa shape index (κ2) is 10.0. The fourth-order valence-corrected chi connectivity index (χ4v) is 3.64. The number of likely N-dealkylation sites (N-methyl/N-ethyl adjacent to an activating group) is 1. The summed E-state index contributed by atoms with van der Waals surface area (Å²) in [5.74, 6) is -1.79. The van der Waals surface area contributed by atoms with Gasteiger partial charge < -0.3 is 15.5 Å². The number of hydrogen-bond acceptors (Lipinski definition) is 4. The Morgan fingerprint density at radius 3 is 2.40 bits per heavy atom. The molecule has 0 aliphatic carbocycles. The molecular weight excluding hydrogens is 407 g/mol. The van der Waals surface area contributed by atoms with Crippen LogP contribution in [0, 0.1) is 12.7 Å². The third-order valence-corrected chi connectivity index (χ3v) is 5.82. The summed E-state index contributed by atoms with van der Waals surface area (Å²) in [6.45, 7) is 5.47. The lowest BCUT2D eigenvalue weighted by Gasteiger charge is -2.38. The van der Waals surface area contributed by atoms with Crippen LogP contribution in [0.3, 0.4) is 0 Å². The van der Waals surface area contributed by atoms with Crippen LogP contribution >= 0.6 is 11.6 Å². The number of anilines is 1. The third kappa shape index (κ3) is 5.56. The lowest BCUT2D eigenvalue weighted by Crippen LogP contribution is -2.49. The summed E-state index contributed by atoms with van der Waals surface area (Å²) < 4.78 is 13.4. The zero-order valence-corrected chi connectivity index (χ0v) is 17.9. The summed E-state index contributed by atoms with van der Waals surface area (Å²) >= 11 is 6.07. The van der Waals surface area contributed by atoms with E-state index in [2.05, 4.69) is 27.5 Å². The Morgan fingerprint density at radius 2 is 1.73 bits per heavy atom. The van der Waals surface area contributed by atoms with Gasteiger partial charge in [0.05, 0.1) is 6.04 Å². The predicted molar refractivity (Wildman–Crippen MR) is 116 cm³/mol. The number of halogens is 2. The number of rotatable bonds is 5. The maximum atomic E-state index is 13.4. The van der Waals surface area contributed by atoms with Gasteiger partial charge in [-0.2, -0.15) is 0 Å². The van der Waals surface area contributed by atoms with Gasteiger partial charge in [-0.25, -0.2) is 4.39 Å².